The smallest absolute Gasteiger partial charge is 0.0306 e. The van der Waals surface area contributed by atoms with Crippen molar-refractivity contribution in [1.82, 2.24) is 10.2 Å². The maximum Gasteiger partial charge on any atom is 0.0306 e. The number of likely N-dealkylation sites (N-methyl/N-ethyl adjacent to an activating group) is 1. The van der Waals surface area contributed by atoms with E-state index in [2.05, 4.69) is 71.3 Å². The highest BCUT2D eigenvalue weighted by Crippen LogP contribution is 2.25. The zero-order valence-corrected chi connectivity index (χ0v) is 12.4. The fourth-order valence-corrected chi connectivity index (χ4v) is 3.21. The fourth-order valence-electron chi connectivity index (χ4n) is 2.58. The maximum absolute atomic E-state index is 3.73. The molecule has 94 valence electrons. The highest BCUT2D eigenvalue weighted by Gasteiger charge is 2.27. The van der Waals surface area contributed by atoms with Gasteiger partial charge in [-0.1, -0.05) is 34.1 Å². The average molecular weight is 297 g/mol. The highest BCUT2D eigenvalue weighted by molar-refractivity contribution is 9.10. The van der Waals surface area contributed by atoms with Crippen molar-refractivity contribution >= 4 is 15.9 Å². The summed E-state index contributed by atoms with van der Waals surface area (Å²) in [5.41, 5.74) is 1.34. The topological polar surface area (TPSA) is 15.3 Å². The minimum absolute atomic E-state index is 0.397. The maximum atomic E-state index is 3.73. The molecule has 3 heteroatoms. The fraction of sp³-hybridized carbons (Fsp3) is 0.571. The first-order valence-electron chi connectivity index (χ1n) is 6.28. The van der Waals surface area contributed by atoms with Crippen LogP contribution in [-0.4, -0.2) is 30.6 Å². The Bertz CT molecular complexity index is 370. The monoisotopic (exact) mass is 296 g/mol. The van der Waals surface area contributed by atoms with E-state index in [9.17, 15) is 0 Å². The molecule has 1 aliphatic heterocycles. The molecule has 0 saturated carbocycles. The molecular weight excluding hydrogens is 276 g/mol. The summed E-state index contributed by atoms with van der Waals surface area (Å²) in [5, 5.41) is 3.73. The lowest BCUT2D eigenvalue weighted by Gasteiger charge is -2.20. The molecule has 0 radical (unpaired) electrons. The molecule has 0 bridgehead atoms. The van der Waals surface area contributed by atoms with Gasteiger partial charge in [0.05, 0.1) is 0 Å². The Morgan fingerprint density at radius 1 is 1.41 bits per heavy atom. The van der Waals surface area contributed by atoms with E-state index in [1.807, 2.05) is 0 Å². The first-order chi connectivity index (χ1) is 8.08. The Balaban J connectivity index is 1.98. The normalized spacial score (nSPS) is 27.3. The third kappa shape index (κ3) is 3.09. The van der Waals surface area contributed by atoms with Crippen LogP contribution in [0.25, 0.3) is 0 Å². The molecule has 2 nitrogen and oxygen atoms in total. The summed E-state index contributed by atoms with van der Waals surface area (Å²) in [4.78, 5) is 2.42. The molecule has 1 aromatic carbocycles. The third-order valence-electron chi connectivity index (χ3n) is 3.74. The first kappa shape index (κ1) is 13.1. The summed E-state index contributed by atoms with van der Waals surface area (Å²) in [6.45, 7) is 5.68. The Kier molecular flexibility index (Phi) is 4.23. The molecule has 1 aliphatic rings. The summed E-state index contributed by atoms with van der Waals surface area (Å²) >= 11 is 3.62. The molecule has 0 amide bonds. The zero-order chi connectivity index (χ0) is 12.4. The van der Waals surface area contributed by atoms with Crippen LogP contribution < -0.4 is 5.32 Å². The number of likely N-dealkylation sites (tertiary alicyclic amines) is 1. The van der Waals surface area contributed by atoms with Crippen LogP contribution in [0.5, 0.6) is 0 Å². The van der Waals surface area contributed by atoms with Crippen molar-refractivity contribution in [3.8, 4) is 0 Å². The standard InChI is InChI=1S/C14H21BrN2/c1-10-8-12(9-17(10)3)16-11(2)13-6-4-5-7-14(13)15/h4-7,10-12,16H,8-9H2,1-3H3. The van der Waals surface area contributed by atoms with Gasteiger partial charge in [-0.2, -0.15) is 0 Å². The molecular formula is C14H21BrN2. The summed E-state index contributed by atoms with van der Waals surface area (Å²) in [5.74, 6) is 0. The molecule has 2 rings (SSSR count). The lowest BCUT2D eigenvalue weighted by Crippen LogP contribution is -2.33. The Labute approximate surface area is 113 Å². The van der Waals surface area contributed by atoms with Crippen LogP contribution in [-0.2, 0) is 0 Å². The number of rotatable bonds is 3. The van der Waals surface area contributed by atoms with Crippen molar-refractivity contribution in [3.63, 3.8) is 0 Å². The third-order valence-corrected chi connectivity index (χ3v) is 4.47. The second-order valence-electron chi connectivity index (χ2n) is 5.13. The van der Waals surface area contributed by atoms with Crippen molar-refractivity contribution in [2.75, 3.05) is 13.6 Å². The second-order valence-corrected chi connectivity index (χ2v) is 5.99. The molecule has 3 atom stereocenters. The Morgan fingerprint density at radius 2 is 2.12 bits per heavy atom. The first-order valence-corrected chi connectivity index (χ1v) is 7.08. The summed E-state index contributed by atoms with van der Waals surface area (Å²) in [6, 6.07) is 10.2. The number of benzene rings is 1. The van der Waals surface area contributed by atoms with E-state index in [-0.39, 0.29) is 0 Å². The van der Waals surface area contributed by atoms with E-state index in [0.29, 0.717) is 18.1 Å². The van der Waals surface area contributed by atoms with Gasteiger partial charge < -0.3 is 10.2 Å². The van der Waals surface area contributed by atoms with Crippen molar-refractivity contribution in [2.45, 2.75) is 38.4 Å². The predicted octanol–water partition coefficient (Wildman–Crippen LogP) is 3.19. The lowest BCUT2D eigenvalue weighted by atomic mass is 10.1. The molecule has 17 heavy (non-hydrogen) atoms. The Morgan fingerprint density at radius 3 is 2.71 bits per heavy atom. The van der Waals surface area contributed by atoms with Crippen molar-refractivity contribution in [1.29, 1.82) is 0 Å². The van der Waals surface area contributed by atoms with Crippen molar-refractivity contribution in [2.24, 2.45) is 0 Å². The number of hydrogen-bond acceptors (Lipinski definition) is 2. The molecule has 1 N–H and O–H groups in total. The van der Waals surface area contributed by atoms with Crippen LogP contribution in [0.15, 0.2) is 28.7 Å². The summed E-state index contributed by atoms with van der Waals surface area (Å²) in [6.07, 6.45) is 1.24. The van der Waals surface area contributed by atoms with Gasteiger partial charge in [0, 0.05) is 29.1 Å². The summed E-state index contributed by atoms with van der Waals surface area (Å²) < 4.78 is 1.19. The number of halogens is 1. The lowest BCUT2D eigenvalue weighted by molar-refractivity contribution is 0.325. The van der Waals surface area contributed by atoms with Crippen molar-refractivity contribution in [3.05, 3.63) is 34.3 Å². The molecule has 1 saturated heterocycles. The van der Waals surface area contributed by atoms with Crippen LogP contribution in [0.1, 0.15) is 31.9 Å². The number of nitrogens with one attached hydrogen (secondary N) is 1. The van der Waals surface area contributed by atoms with Gasteiger partial charge in [-0.25, -0.2) is 0 Å². The molecule has 3 unspecified atom stereocenters. The van der Waals surface area contributed by atoms with Crippen molar-refractivity contribution < 1.29 is 0 Å². The average Bonchev–Trinajstić information content (AvgIpc) is 2.58. The second kappa shape index (κ2) is 5.51. The van der Waals surface area contributed by atoms with Gasteiger partial charge >= 0.3 is 0 Å². The number of hydrogen-bond donors (Lipinski definition) is 1. The largest absolute Gasteiger partial charge is 0.306 e. The van der Waals surface area contributed by atoms with Gasteiger partial charge in [0.2, 0.25) is 0 Å². The minimum atomic E-state index is 0.397. The molecule has 1 aromatic rings. The van der Waals surface area contributed by atoms with Gasteiger partial charge in [-0.05, 0) is 38.9 Å². The predicted molar refractivity (Wildman–Crippen MR) is 76.2 cm³/mol. The van der Waals surface area contributed by atoms with Crippen LogP contribution in [0, 0.1) is 0 Å². The van der Waals surface area contributed by atoms with E-state index in [1.165, 1.54) is 16.5 Å². The number of nitrogens with zero attached hydrogens (tertiary/aromatic N) is 1. The van der Waals surface area contributed by atoms with Crippen LogP contribution >= 0.6 is 15.9 Å². The summed E-state index contributed by atoms with van der Waals surface area (Å²) in [7, 11) is 2.20. The van der Waals surface area contributed by atoms with Gasteiger partial charge in [0.15, 0.2) is 0 Å². The molecule has 1 heterocycles. The van der Waals surface area contributed by atoms with E-state index in [4.69, 9.17) is 0 Å². The highest BCUT2D eigenvalue weighted by atomic mass is 79.9. The molecule has 0 aliphatic carbocycles. The minimum Gasteiger partial charge on any atom is -0.306 e. The van der Waals surface area contributed by atoms with Gasteiger partial charge in [-0.3, -0.25) is 0 Å². The molecule has 1 fully saturated rings. The van der Waals surface area contributed by atoms with Gasteiger partial charge in [0.25, 0.3) is 0 Å². The quantitative estimate of drug-likeness (QED) is 0.921. The van der Waals surface area contributed by atoms with E-state index < -0.39 is 0 Å². The van der Waals surface area contributed by atoms with E-state index in [1.54, 1.807) is 0 Å². The van der Waals surface area contributed by atoms with Gasteiger partial charge in [0.1, 0.15) is 0 Å². The molecule has 0 spiro atoms. The SMILES string of the molecule is CC(NC1CC(C)N(C)C1)c1ccccc1Br. The van der Waals surface area contributed by atoms with E-state index in [0.717, 1.165) is 6.54 Å². The Hall–Kier alpha value is -0.380. The zero-order valence-electron chi connectivity index (χ0n) is 10.8. The van der Waals surface area contributed by atoms with Crippen LogP contribution in [0.3, 0.4) is 0 Å². The van der Waals surface area contributed by atoms with Crippen LogP contribution in [0.2, 0.25) is 0 Å². The van der Waals surface area contributed by atoms with Gasteiger partial charge in [-0.15, -0.1) is 0 Å². The molecule has 0 aromatic heterocycles. The van der Waals surface area contributed by atoms with E-state index >= 15 is 0 Å². The van der Waals surface area contributed by atoms with Crippen LogP contribution in [0.4, 0.5) is 0 Å².